The van der Waals surface area contributed by atoms with E-state index in [4.69, 9.17) is 10.5 Å². The second kappa shape index (κ2) is 6.25. The molecule has 19 heavy (non-hydrogen) atoms. The summed E-state index contributed by atoms with van der Waals surface area (Å²) in [5.74, 6) is 0.792. The van der Waals surface area contributed by atoms with Crippen molar-refractivity contribution in [2.75, 3.05) is 12.8 Å². The Morgan fingerprint density at radius 1 is 1.37 bits per heavy atom. The Labute approximate surface area is 115 Å². The lowest BCUT2D eigenvalue weighted by Crippen LogP contribution is -2.37. The summed E-state index contributed by atoms with van der Waals surface area (Å²) in [4.78, 5) is 0.0865. The second-order valence-corrected chi connectivity index (χ2v) is 6.38. The van der Waals surface area contributed by atoms with Crippen molar-refractivity contribution in [3.63, 3.8) is 0 Å². The lowest BCUT2D eigenvalue weighted by Gasteiger charge is -2.20. The van der Waals surface area contributed by atoms with E-state index >= 15 is 0 Å². The van der Waals surface area contributed by atoms with Gasteiger partial charge in [-0.25, -0.2) is 13.1 Å². The first-order valence-corrected chi connectivity index (χ1v) is 7.76. The third kappa shape index (κ3) is 3.84. The van der Waals surface area contributed by atoms with E-state index in [2.05, 4.69) is 4.72 Å². The van der Waals surface area contributed by atoms with Crippen molar-refractivity contribution in [3.8, 4) is 5.75 Å². The normalized spacial score (nSPS) is 14.9. The molecule has 108 valence electrons. The molecule has 3 N–H and O–H groups in total. The Kier molecular flexibility index (Phi) is 5.20. The molecule has 0 aliphatic heterocycles. The molecule has 5 nitrogen and oxygen atoms in total. The van der Waals surface area contributed by atoms with Gasteiger partial charge in [0, 0.05) is 12.1 Å². The van der Waals surface area contributed by atoms with Crippen LogP contribution in [0.2, 0.25) is 0 Å². The van der Waals surface area contributed by atoms with Crippen molar-refractivity contribution in [3.05, 3.63) is 18.2 Å². The van der Waals surface area contributed by atoms with Crippen molar-refractivity contribution in [1.82, 2.24) is 4.72 Å². The fraction of sp³-hybridized carbons (Fsp3) is 0.538. The summed E-state index contributed by atoms with van der Waals surface area (Å²) in [7, 11) is -2.09. The van der Waals surface area contributed by atoms with Gasteiger partial charge in [0.25, 0.3) is 0 Å². The summed E-state index contributed by atoms with van der Waals surface area (Å²) in [6.07, 6.45) is 0.905. The highest BCUT2D eigenvalue weighted by Gasteiger charge is 2.22. The van der Waals surface area contributed by atoms with Crippen LogP contribution in [-0.2, 0) is 10.0 Å². The molecule has 0 bridgehead atoms. The molecule has 0 aromatic heterocycles. The molecule has 2 unspecified atom stereocenters. The van der Waals surface area contributed by atoms with E-state index in [1.165, 1.54) is 19.2 Å². The molecule has 0 aliphatic rings. The third-order valence-electron chi connectivity index (χ3n) is 3.35. The zero-order valence-electron chi connectivity index (χ0n) is 11.8. The van der Waals surface area contributed by atoms with Gasteiger partial charge in [-0.05, 0) is 25.0 Å². The molecule has 0 heterocycles. The van der Waals surface area contributed by atoms with Gasteiger partial charge in [0.15, 0.2) is 0 Å². The van der Waals surface area contributed by atoms with Gasteiger partial charge in [-0.1, -0.05) is 20.3 Å². The van der Waals surface area contributed by atoms with E-state index in [1.807, 2.05) is 20.8 Å². The number of ether oxygens (including phenoxy) is 1. The van der Waals surface area contributed by atoms with E-state index in [-0.39, 0.29) is 22.5 Å². The van der Waals surface area contributed by atoms with Gasteiger partial charge in [-0.15, -0.1) is 0 Å². The standard InChI is InChI=1S/C13H22N2O3S/c1-5-9(2)10(3)15-19(16,17)13-7-6-11(18-4)8-12(13)14/h6-10,15H,5,14H2,1-4H3. The quantitative estimate of drug-likeness (QED) is 0.784. The molecule has 6 heteroatoms. The maximum Gasteiger partial charge on any atom is 0.242 e. The molecule has 0 saturated heterocycles. The zero-order valence-corrected chi connectivity index (χ0v) is 12.6. The summed E-state index contributed by atoms with van der Waals surface area (Å²) < 4.78 is 32.2. The van der Waals surface area contributed by atoms with E-state index in [1.54, 1.807) is 6.07 Å². The van der Waals surface area contributed by atoms with Gasteiger partial charge in [-0.2, -0.15) is 0 Å². The van der Waals surface area contributed by atoms with Crippen LogP contribution in [0.15, 0.2) is 23.1 Å². The summed E-state index contributed by atoms with van der Waals surface area (Å²) in [6, 6.07) is 4.40. The van der Waals surface area contributed by atoms with Gasteiger partial charge in [0.05, 0.1) is 12.8 Å². The minimum absolute atomic E-state index is 0.0865. The highest BCUT2D eigenvalue weighted by molar-refractivity contribution is 7.89. The number of anilines is 1. The SMILES string of the molecule is CCC(C)C(C)NS(=O)(=O)c1ccc(OC)cc1N. The fourth-order valence-corrected chi connectivity index (χ4v) is 3.14. The van der Waals surface area contributed by atoms with Crippen LogP contribution < -0.4 is 15.2 Å². The minimum Gasteiger partial charge on any atom is -0.497 e. The molecule has 0 amide bonds. The Hall–Kier alpha value is -1.27. The van der Waals surface area contributed by atoms with E-state index in [0.29, 0.717) is 5.75 Å². The van der Waals surface area contributed by atoms with Gasteiger partial charge >= 0.3 is 0 Å². The summed E-state index contributed by atoms with van der Waals surface area (Å²) >= 11 is 0. The van der Waals surface area contributed by atoms with E-state index < -0.39 is 10.0 Å². The Morgan fingerprint density at radius 3 is 2.47 bits per heavy atom. The van der Waals surface area contributed by atoms with Crippen LogP contribution >= 0.6 is 0 Å². The number of hydrogen-bond acceptors (Lipinski definition) is 4. The predicted octanol–water partition coefficient (Wildman–Crippen LogP) is 1.99. The van der Waals surface area contributed by atoms with Crippen molar-refractivity contribution >= 4 is 15.7 Å². The summed E-state index contributed by atoms with van der Waals surface area (Å²) in [6.45, 7) is 5.88. The Balaban J connectivity index is 3.01. The first-order chi connectivity index (χ1) is 8.81. The number of sulfonamides is 1. The Bertz CT molecular complexity index is 529. The molecule has 2 atom stereocenters. The van der Waals surface area contributed by atoms with E-state index in [0.717, 1.165) is 6.42 Å². The van der Waals surface area contributed by atoms with Crippen LogP contribution in [0.25, 0.3) is 0 Å². The van der Waals surface area contributed by atoms with Crippen LogP contribution in [0.5, 0.6) is 5.75 Å². The average molecular weight is 286 g/mol. The number of rotatable bonds is 6. The molecule has 0 fully saturated rings. The van der Waals surface area contributed by atoms with E-state index in [9.17, 15) is 8.42 Å². The van der Waals surface area contributed by atoms with Crippen LogP contribution in [0.4, 0.5) is 5.69 Å². The number of nitrogens with one attached hydrogen (secondary N) is 1. The highest BCUT2D eigenvalue weighted by Crippen LogP contribution is 2.24. The highest BCUT2D eigenvalue weighted by atomic mass is 32.2. The molecule has 1 aromatic carbocycles. The molecule has 0 spiro atoms. The van der Waals surface area contributed by atoms with Gasteiger partial charge in [0.2, 0.25) is 10.0 Å². The third-order valence-corrected chi connectivity index (χ3v) is 4.98. The van der Waals surface area contributed by atoms with Crippen LogP contribution in [0, 0.1) is 5.92 Å². The molecular weight excluding hydrogens is 264 g/mol. The first kappa shape index (κ1) is 15.8. The summed E-state index contributed by atoms with van der Waals surface area (Å²) in [5.41, 5.74) is 5.95. The second-order valence-electron chi connectivity index (χ2n) is 4.70. The van der Waals surface area contributed by atoms with Gasteiger partial charge < -0.3 is 10.5 Å². The number of nitrogens with two attached hydrogens (primary N) is 1. The maximum atomic E-state index is 12.3. The lowest BCUT2D eigenvalue weighted by molar-refractivity contribution is 0.414. The van der Waals surface area contributed by atoms with Crippen LogP contribution in [-0.4, -0.2) is 21.6 Å². The minimum atomic E-state index is -3.60. The number of nitrogen functional groups attached to an aromatic ring is 1. The molecule has 0 saturated carbocycles. The monoisotopic (exact) mass is 286 g/mol. The number of hydrogen-bond donors (Lipinski definition) is 2. The smallest absolute Gasteiger partial charge is 0.242 e. The number of benzene rings is 1. The van der Waals surface area contributed by atoms with Gasteiger partial charge in [0.1, 0.15) is 10.6 Å². The zero-order chi connectivity index (χ0) is 14.6. The largest absolute Gasteiger partial charge is 0.497 e. The molecule has 1 aromatic rings. The first-order valence-electron chi connectivity index (χ1n) is 6.27. The molecule has 0 aliphatic carbocycles. The van der Waals surface area contributed by atoms with Crippen molar-refractivity contribution in [1.29, 1.82) is 0 Å². The fourth-order valence-electron chi connectivity index (χ4n) is 1.68. The van der Waals surface area contributed by atoms with Crippen LogP contribution in [0.1, 0.15) is 27.2 Å². The molecular formula is C13H22N2O3S. The van der Waals surface area contributed by atoms with Crippen molar-refractivity contribution in [2.24, 2.45) is 5.92 Å². The topological polar surface area (TPSA) is 81.4 Å². The van der Waals surface area contributed by atoms with Gasteiger partial charge in [-0.3, -0.25) is 0 Å². The van der Waals surface area contributed by atoms with Crippen molar-refractivity contribution < 1.29 is 13.2 Å². The van der Waals surface area contributed by atoms with Crippen LogP contribution in [0.3, 0.4) is 0 Å². The molecule has 0 radical (unpaired) electrons. The predicted molar refractivity (Wildman–Crippen MR) is 76.6 cm³/mol. The average Bonchev–Trinajstić information content (AvgIpc) is 2.36. The maximum absolute atomic E-state index is 12.3. The Morgan fingerprint density at radius 2 is 2.00 bits per heavy atom. The molecule has 1 rings (SSSR count). The summed E-state index contributed by atoms with van der Waals surface area (Å²) in [5, 5.41) is 0. The van der Waals surface area contributed by atoms with Crippen molar-refractivity contribution in [2.45, 2.75) is 38.1 Å². The lowest BCUT2D eigenvalue weighted by atomic mass is 10.0. The number of methoxy groups -OCH3 is 1.